The van der Waals surface area contributed by atoms with Crippen LogP contribution in [-0.4, -0.2) is 14.7 Å². The standard InChI is InChI=1S/C11H12N2O3S/c1-6-3-4-17-8(6)5-13-10(15)7(2)9(14)12-11(13)16/h3-4,15H,5H2,1-2H3,(H,12,14,16). The molecule has 2 N–H and O–H groups in total. The normalized spacial score (nSPS) is 10.7. The predicted molar refractivity (Wildman–Crippen MR) is 65.9 cm³/mol. The number of hydrogen-bond acceptors (Lipinski definition) is 4. The van der Waals surface area contributed by atoms with Crippen LogP contribution in [0, 0.1) is 13.8 Å². The van der Waals surface area contributed by atoms with Crippen LogP contribution < -0.4 is 11.2 Å². The molecule has 0 aromatic carbocycles. The summed E-state index contributed by atoms with van der Waals surface area (Å²) in [6.07, 6.45) is 0. The van der Waals surface area contributed by atoms with Crippen LogP contribution in [0.3, 0.4) is 0 Å². The Morgan fingerprint density at radius 2 is 2.12 bits per heavy atom. The van der Waals surface area contributed by atoms with Crippen LogP contribution in [0.25, 0.3) is 0 Å². The molecule has 0 bridgehead atoms. The molecule has 0 radical (unpaired) electrons. The van der Waals surface area contributed by atoms with Gasteiger partial charge in [-0.15, -0.1) is 11.3 Å². The van der Waals surface area contributed by atoms with Crippen molar-refractivity contribution in [3.05, 3.63) is 48.3 Å². The van der Waals surface area contributed by atoms with E-state index in [0.29, 0.717) is 0 Å². The van der Waals surface area contributed by atoms with Crippen LogP contribution in [-0.2, 0) is 6.54 Å². The van der Waals surface area contributed by atoms with Gasteiger partial charge in [-0.1, -0.05) is 0 Å². The molecule has 0 aliphatic rings. The number of nitrogens with zero attached hydrogens (tertiary/aromatic N) is 1. The van der Waals surface area contributed by atoms with Crippen molar-refractivity contribution in [1.82, 2.24) is 9.55 Å². The summed E-state index contributed by atoms with van der Waals surface area (Å²) in [6.45, 7) is 3.68. The molecule has 2 aromatic heterocycles. The van der Waals surface area contributed by atoms with E-state index in [1.54, 1.807) is 0 Å². The van der Waals surface area contributed by atoms with Crippen LogP contribution in [0.15, 0.2) is 21.0 Å². The Bertz CT molecular complexity index is 666. The zero-order valence-electron chi connectivity index (χ0n) is 9.48. The SMILES string of the molecule is Cc1ccsc1Cn1c(O)c(C)c(=O)[nH]c1=O. The molecular weight excluding hydrogens is 240 g/mol. The summed E-state index contributed by atoms with van der Waals surface area (Å²) in [5.41, 5.74) is 0.0708. The molecule has 0 spiro atoms. The van der Waals surface area contributed by atoms with E-state index in [2.05, 4.69) is 4.98 Å². The Labute approximate surface area is 101 Å². The van der Waals surface area contributed by atoms with Gasteiger partial charge in [0.25, 0.3) is 5.56 Å². The lowest BCUT2D eigenvalue weighted by Crippen LogP contribution is -2.31. The Hall–Kier alpha value is -1.82. The summed E-state index contributed by atoms with van der Waals surface area (Å²) in [6, 6.07) is 1.95. The van der Waals surface area contributed by atoms with Gasteiger partial charge in [0.1, 0.15) is 0 Å². The molecule has 0 fully saturated rings. The van der Waals surface area contributed by atoms with E-state index in [9.17, 15) is 14.7 Å². The highest BCUT2D eigenvalue weighted by molar-refractivity contribution is 7.10. The summed E-state index contributed by atoms with van der Waals surface area (Å²) in [7, 11) is 0. The lowest BCUT2D eigenvalue weighted by molar-refractivity contribution is 0.405. The molecule has 0 amide bonds. The second kappa shape index (κ2) is 4.21. The zero-order valence-corrected chi connectivity index (χ0v) is 10.3. The minimum atomic E-state index is -0.592. The molecule has 6 heteroatoms. The summed E-state index contributed by atoms with van der Waals surface area (Å²) >= 11 is 1.51. The van der Waals surface area contributed by atoms with Crippen LogP contribution in [0.1, 0.15) is 16.0 Å². The Kier molecular flexibility index (Phi) is 2.89. The van der Waals surface area contributed by atoms with Gasteiger partial charge in [-0.05, 0) is 30.9 Å². The highest BCUT2D eigenvalue weighted by atomic mass is 32.1. The molecule has 0 atom stereocenters. The third-order valence-corrected chi connectivity index (χ3v) is 3.67. The Morgan fingerprint density at radius 3 is 2.71 bits per heavy atom. The molecule has 0 saturated carbocycles. The number of aromatic nitrogens is 2. The van der Waals surface area contributed by atoms with Gasteiger partial charge in [0.2, 0.25) is 5.88 Å². The highest BCUT2D eigenvalue weighted by Gasteiger charge is 2.11. The maximum Gasteiger partial charge on any atom is 0.331 e. The van der Waals surface area contributed by atoms with E-state index in [-0.39, 0.29) is 18.0 Å². The first-order valence-corrected chi connectivity index (χ1v) is 5.94. The van der Waals surface area contributed by atoms with Crippen molar-refractivity contribution in [3.8, 4) is 5.88 Å². The number of thiophene rings is 1. The molecule has 90 valence electrons. The van der Waals surface area contributed by atoms with Crippen LogP contribution in [0.2, 0.25) is 0 Å². The van der Waals surface area contributed by atoms with Crippen LogP contribution in [0.5, 0.6) is 5.88 Å². The smallest absolute Gasteiger partial charge is 0.331 e. The maximum absolute atomic E-state index is 11.6. The average Bonchev–Trinajstić information content (AvgIpc) is 2.67. The largest absolute Gasteiger partial charge is 0.494 e. The second-order valence-electron chi connectivity index (χ2n) is 3.82. The van der Waals surface area contributed by atoms with Crippen molar-refractivity contribution in [3.63, 3.8) is 0 Å². The molecule has 17 heavy (non-hydrogen) atoms. The first-order chi connectivity index (χ1) is 8.00. The monoisotopic (exact) mass is 252 g/mol. The van der Waals surface area contributed by atoms with Crippen molar-refractivity contribution in [1.29, 1.82) is 0 Å². The number of hydrogen-bond donors (Lipinski definition) is 2. The summed E-state index contributed by atoms with van der Waals surface area (Å²) in [5, 5.41) is 11.7. The van der Waals surface area contributed by atoms with Gasteiger partial charge in [0, 0.05) is 4.88 Å². The van der Waals surface area contributed by atoms with Gasteiger partial charge in [-0.2, -0.15) is 0 Å². The summed E-state index contributed by atoms with van der Waals surface area (Å²) in [5.74, 6) is -0.272. The molecule has 0 aliphatic heterocycles. The number of H-pyrrole nitrogens is 1. The average molecular weight is 252 g/mol. The first-order valence-electron chi connectivity index (χ1n) is 5.06. The maximum atomic E-state index is 11.6. The number of rotatable bonds is 2. The quantitative estimate of drug-likeness (QED) is 0.836. The molecule has 5 nitrogen and oxygen atoms in total. The van der Waals surface area contributed by atoms with E-state index in [0.717, 1.165) is 15.0 Å². The first kappa shape index (κ1) is 11.7. The number of aryl methyl sites for hydroxylation is 1. The molecule has 2 rings (SSSR count). The fraction of sp³-hybridized carbons (Fsp3) is 0.273. The molecule has 0 saturated heterocycles. The number of aromatic hydroxyl groups is 1. The highest BCUT2D eigenvalue weighted by Crippen LogP contribution is 2.18. The minimum absolute atomic E-state index is 0.152. The lowest BCUT2D eigenvalue weighted by atomic mass is 10.3. The van der Waals surface area contributed by atoms with Crippen molar-refractivity contribution < 1.29 is 5.11 Å². The molecule has 2 heterocycles. The fourth-order valence-corrected chi connectivity index (χ4v) is 2.41. The minimum Gasteiger partial charge on any atom is -0.494 e. The Morgan fingerprint density at radius 1 is 1.41 bits per heavy atom. The predicted octanol–water partition coefficient (Wildman–Crippen LogP) is 0.969. The Balaban J connectivity index is 2.54. The number of nitrogens with one attached hydrogen (secondary N) is 1. The van der Waals surface area contributed by atoms with Gasteiger partial charge in [0.05, 0.1) is 12.1 Å². The van der Waals surface area contributed by atoms with Crippen molar-refractivity contribution in [2.24, 2.45) is 0 Å². The molecule has 0 unspecified atom stereocenters. The van der Waals surface area contributed by atoms with Gasteiger partial charge < -0.3 is 5.11 Å². The fourth-order valence-electron chi connectivity index (χ4n) is 1.51. The summed E-state index contributed by atoms with van der Waals surface area (Å²) in [4.78, 5) is 26.0. The molecular formula is C11H12N2O3S. The number of aromatic amines is 1. The van der Waals surface area contributed by atoms with Crippen molar-refractivity contribution >= 4 is 11.3 Å². The lowest BCUT2D eigenvalue weighted by Gasteiger charge is -2.08. The van der Waals surface area contributed by atoms with E-state index in [4.69, 9.17) is 0 Å². The van der Waals surface area contributed by atoms with E-state index in [1.807, 2.05) is 18.4 Å². The van der Waals surface area contributed by atoms with Crippen LogP contribution >= 0.6 is 11.3 Å². The third kappa shape index (κ3) is 2.03. The van der Waals surface area contributed by atoms with Gasteiger partial charge >= 0.3 is 5.69 Å². The molecule has 0 aliphatic carbocycles. The second-order valence-corrected chi connectivity index (χ2v) is 4.82. The van der Waals surface area contributed by atoms with Gasteiger partial charge in [0.15, 0.2) is 0 Å². The topological polar surface area (TPSA) is 75.1 Å². The van der Waals surface area contributed by atoms with Crippen LogP contribution in [0.4, 0.5) is 0 Å². The van der Waals surface area contributed by atoms with E-state index >= 15 is 0 Å². The molecule has 2 aromatic rings. The van der Waals surface area contributed by atoms with E-state index in [1.165, 1.54) is 18.3 Å². The summed E-state index contributed by atoms with van der Waals surface area (Å²) < 4.78 is 1.16. The van der Waals surface area contributed by atoms with Gasteiger partial charge in [-0.25, -0.2) is 4.79 Å². The van der Waals surface area contributed by atoms with Gasteiger partial charge in [-0.3, -0.25) is 14.3 Å². The zero-order chi connectivity index (χ0) is 12.6. The van der Waals surface area contributed by atoms with Crippen molar-refractivity contribution in [2.75, 3.05) is 0 Å². The third-order valence-electron chi connectivity index (χ3n) is 2.67. The van der Waals surface area contributed by atoms with E-state index < -0.39 is 11.2 Å². The van der Waals surface area contributed by atoms with Crippen molar-refractivity contribution in [2.45, 2.75) is 20.4 Å².